The number of carbonyl (C=O) groups is 1. The third kappa shape index (κ3) is 3.60. The molecule has 0 aromatic heterocycles. The maximum absolute atomic E-state index is 11.4. The molecule has 0 aliphatic carbocycles. The molecule has 0 atom stereocenters. The van der Waals surface area contributed by atoms with Crippen molar-refractivity contribution in [3.05, 3.63) is 63.7 Å². The van der Waals surface area contributed by atoms with Gasteiger partial charge in [-0.15, -0.1) is 0 Å². The largest absolute Gasteiger partial charge is 0.497 e. The van der Waals surface area contributed by atoms with Crippen LogP contribution >= 0.6 is 0 Å². The molecule has 0 amide bonds. The highest BCUT2D eigenvalue weighted by atomic mass is 16.6. The summed E-state index contributed by atoms with van der Waals surface area (Å²) in [4.78, 5) is 21.8. The molecule has 0 fully saturated rings. The van der Waals surface area contributed by atoms with E-state index in [0.29, 0.717) is 5.75 Å². The molecule has 6 heteroatoms. The van der Waals surface area contributed by atoms with E-state index < -0.39 is 4.92 Å². The summed E-state index contributed by atoms with van der Waals surface area (Å²) < 4.78 is 10.6. The van der Waals surface area contributed by atoms with Gasteiger partial charge >= 0.3 is 0 Å². The molecule has 22 heavy (non-hydrogen) atoms. The molecular weight excluding hydrogens is 286 g/mol. The maximum atomic E-state index is 11.4. The molecular formula is C16H15NO5. The molecule has 0 spiro atoms. The smallest absolute Gasteiger partial charge is 0.283 e. The van der Waals surface area contributed by atoms with E-state index in [4.69, 9.17) is 9.47 Å². The second-order valence-electron chi connectivity index (χ2n) is 4.63. The number of hydrogen-bond acceptors (Lipinski definition) is 5. The van der Waals surface area contributed by atoms with Crippen LogP contribution in [0, 0.1) is 10.1 Å². The van der Waals surface area contributed by atoms with E-state index in [2.05, 4.69) is 0 Å². The highest BCUT2D eigenvalue weighted by Gasteiger charge is 2.18. The van der Waals surface area contributed by atoms with Gasteiger partial charge in [-0.05, 0) is 36.8 Å². The van der Waals surface area contributed by atoms with Gasteiger partial charge in [0.15, 0.2) is 5.78 Å². The summed E-state index contributed by atoms with van der Waals surface area (Å²) in [6.45, 7) is 1.56. The zero-order valence-electron chi connectivity index (χ0n) is 12.2. The number of Topliss-reactive ketones (excluding diaryl/α,β-unsaturated/α-hetero) is 1. The first-order chi connectivity index (χ1) is 10.5. The Hall–Kier alpha value is -2.89. The standard InChI is InChI=1S/C16H15NO5/c1-11(18)15-8-7-14(9-16(15)17(19)20)22-10-12-3-5-13(21-2)6-4-12/h3-9H,10H2,1-2H3. The van der Waals surface area contributed by atoms with Crippen LogP contribution in [-0.4, -0.2) is 17.8 Å². The Morgan fingerprint density at radius 1 is 1.14 bits per heavy atom. The van der Waals surface area contributed by atoms with E-state index in [9.17, 15) is 14.9 Å². The zero-order valence-corrected chi connectivity index (χ0v) is 12.2. The second-order valence-corrected chi connectivity index (χ2v) is 4.63. The highest BCUT2D eigenvalue weighted by Crippen LogP contribution is 2.26. The number of nitrogens with zero attached hydrogens (tertiary/aromatic N) is 1. The van der Waals surface area contributed by atoms with Gasteiger partial charge < -0.3 is 9.47 Å². The second kappa shape index (κ2) is 6.71. The molecule has 0 bridgehead atoms. The molecule has 2 aromatic rings. The lowest BCUT2D eigenvalue weighted by Crippen LogP contribution is -2.02. The van der Waals surface area contributed by atoms with Crippen LogP contribution in [0.1, 0.15) is 22.8 Å². The first-order valence-corrected chi connectivity index (χ1v) is 6.56. The van der Waals surface area contributed by atoms with E-state index in [0.717, 1.165) is 11.3 Å². The van der Waals surface area contributed by atoms with Crippen LogP contribution in [0.25, 0.3) is 0 Å². The minimum Gasteiger partial charge on any atom is -0.497 e. The predicted molar refractivity (Wildman–Crippen MR) is 80.4 cm³/mol. The highest BCUT2D eigenvalue weighted by molar-refractivity contribution is 5.98. The van der Waals surface area contributed by atoms with Crippen LogP contribution in [-0.2, 0) is 6.61 Å². The maximum Gasteiger partial charge on any atom is 0.283 e. The molecule has 0 heterocycles. The van der Waals surface area contributed by atoms with Crippen LogP contribution in [0.4, 0.5) is 5.69 Å². The molecule has 2 rings (SSSR count). The molecule has 0 aliphatic heterocycles. The normalized spacial score (nSPS) is 10.1. The Bertz CT molecular complexity index is 694. The molecule has 114 valence electrons. The van der Waals surface area contributed by atoms with Crippen LogP contribution < -0.4 is 9.47 Å². The van der Waals surface area contributed by atoms with Crippen molar-refractivity contribution in [2.45, 2.75) is 13.5 Å². The summed E-state index contributed by atoms with van der Waals surface area (Å²) >= 11 is 0. The first-order valence-electron chi connectivity index (χ1n) is 6.56. The predicted octanol–water partition coefficient (Wildman–Crippen LogP) is 3.39. The van der Waals surface area contributed by atoms with Crippen molar-refractivity contribution in [3.8, 4) is 11.5 Å². The van der Waals surface area contributed by atoms with Gasteiger partial charge in [0, 0.05) is 0 Å². The Morgan fingerprint density at radius 2 is 1.77 bits per heavy atom. The van der Waals surface area contributed by atoms with Crippen molar-refractivity contribution < 1.29 is 19.2 Å². The average Bonchev–Trinajstić information content (AvgIpc) is 2.53. The van der Waals surface area contributed by atoms with Gasteiger partial charge in [-0.2, -0.15) is 0 Å². The molecule has 0 unspecified atom stereocenters. The van der Waals surface area contributed by atoms with Crippen molar-refractivity contribution in [2.24, 2.45) is 0 Å². The van der Waals surface area contributed by atoms with Crippen molar-refractivity contribution in [1.82, 2.24) is 0 Å². The number of nitro groups is 1. The van der Waals surface area contributed by atoms with Gasteiger partial charge in [0.25, 0.3) is 5.69 Å². The third-order valence-corrected chi connectivity index (χ3v) is 3.11. The van der Waals surface area contributed by atoms with Gasteiger partial charge in [-0.1, -0.05) is 12.1 Å². The van der Waals surface area contributed by atoms with Gasteiger partial charge in [0.05, 0.1) is 23.7 Å². The van der Waals surface area contributed by atoms with E-state index in [-0.39, 0.29) is 23.6 Å². The molecule has 0 saturated heterocycles. The van der Waals surface area contributed by atoms with Gasteiger partial charge in [-0.25, -0.2) is 0 Å². The van der Waals surface area contributed by atoms with Crippen molar-refractivity contribution >= 4 is 11.5 Å². The van der Waals surface area contributed by atoms with E-state index in [1.54, 1.807) is 25.3 Å². The van der Waals surface area contributed by atoms with Crippen LogP contribution in [0.2, 0.25) is 0 Å². The molecule has 6 nitrogen and oxygen atoms in total. The minimum atomic E-state index is -0.586. The summed E-state index contributed by atoms with van der Waals surface area (Å²) in [5.41, 5.74) is 0.723. The lowest BCUT2D eigenvalue weighted by molar-refractivity contribution is -0.385. The number of rotatable bonds is 6. The Kier molecular flexibility index (Phi) is 4.73. The van der Waals surface area contributed by atoms with E-state index in [1.807, 2.05) is 12.1 Å². The number of benzene rings is 2. The van der Waals surface area contributed by atoms with Crippen molar-refractivity contribution in [3.63, 3.8) is 0 Å². The zero-order chi connectivity index (χ0) is 16.1. The van der Waals surface area contributed by atoms with Gasteiger partial charge in [0.1, 0.15) is 18.1 Å². The SMILES string of the molecule is COc1ccc(COc2ccc(C(C)=O)c([N+](=O)[O-])c2)cc1. The number of nitro benzene ring substituents is 1. The lowest BCUT2D eigenvalue weighted by Gasteiger charge is -2.08. The third-order valence-electron chi connectivity index (χ3n) is 3.11. The summed E-state index contributed by atoms with van der Waals surface area (Å²) in [5.74, 6) is 0.728. The average molecular weight is 301 g/mol. The van der Waals surface area contributed by atoms with Crippen molar-refractivity contribution in [2.75, 3.05) is 7.11 Å². The Morgan fingerprint density at radius 3 is 2.32 bits per heavy atom. The fourth-order valence-electron chi connectivity index (χ4n) is 1.94. The van der Waals surface area contributed by atoms with Gasteiger partial charge in [0.2, 0.25) is 0 Å². The van der Waals surface area contributed by atoms with E-state index in [1.165, 1.54) is 19.1 Å². The molecule has 2 aromatic carbocycles. The molecule has 0 radical (unpaired) electrons. The summed E-state index contributed by atoms with van der Waals surface area (Å²) in [6.07, 6.45) is 0. The number of ether oxygens (including phenoxy) is 2. The fraction of sp³-hybridized carbons (Fsp3) is 0.188. The molecule has 0 aliphatic rings. The van der Waals surface area contributed by atoms with E-state index >= 15 is 0 Å². The number of hydrogen-bond donors (Lipinski definition) is 0. The topological polar surface area (TPSA) is 78.7 Å². The quantitative estimate of drug-likeness (QED) is 0.464. The summed E-state index contributed by atoms with van der Waals surface area (Å²) in [7, 11) is 1.58. The van der Waals surface area contributed by atoms with Crippen LogP contribution in [0.15, 0.2) is 42.5 Å². The number of carbonyl (C=O) groups excluding carboxylic acids is 1. The minimum absolute atomic E-state index is 0.0711. The number of methoxy groups -OCH3 is 1. The molecule has 0 saturated carbocycles. The summed E-state index contributed by atoms with van der Waals surface area (Å²) in [5, 5.41) is 11.0. The Labute approximate surface area is 127 Å². The summed E-state index contributed by atoms with van der Waals surface area (Å²) in [6, 6.07) is 11.5. The lowest BCUT2D eigenvalue weighted by atomic mass is 10.1. The van der Waals surface area contributed by atoms with Crippen LogP contribution in [0.5, 0.6) is 11.5 Å². The number of ketones is 1. The Balaban J connectivity index is 2.14. The fourth-order valence-corrected chi connectivity index (χ4v) is 1.94. The van der Waals surface area contributed by atoms with Crippen LogP contribution in [0.3, 0.4) is 0 Å². The van der Waals surface area contributed by atoms with Gasteiger partial charge in [-0.3, -0.25) is 14.9 Å². The monoisotopic (exact) mass is 301 g/mol. The van der Waals surface area contributed by atoms with Crippen molar-refractivity contribution in [1.29, 1.82) is 0 Å². The molecule has 0 N–H and O–H groups in total. The first kappa shape index (κ1) is 15.5.